The van der Waals surface area contributed by atoms with Crippen LogP contribution in [0.5, 0.6) is 0 Å². The molecule has 0 amide bonds. The van der Waals surface area contributed by atoms with Crippen molar-refractivity contribution in [1.29, 1.82) is 0 Å². The van der Waals surface area contributed by atoms with Gasteiger partial charge in [-0.05, 0) is 24.8 Å². The lowest BCUT2D eigenvalue weighted by Crippen LogP contribution is -2.37. The third-order valence-corrected chi connectivity index (χ3v) is 6.62. The Morgan fingerprint density at radius 2 is 2.11 bits per heavy atom. The van der Waals surface area contributed by atoms with Crippen molar-refractivity contribution in [3.05, 3.63) is 58.4 Å². The molecule has 28 heavy (non-hydrogen) atoms. The smallest absolute Gasteiger partial charge is 0.265 e. The maximum absolute atomic E-state index is 13.8. The second kappa shape index (κ2) is 7.24. The number of rotatable bonds is 6. The highest BCUT2D eigenvalue weighted by Gasteiger charge is 2.38. The van der Waals surface area contributed by atoms with Gasteiger partial charge in [-0.15, -0.1) is 11.7 Å². The molecule has 0 saturated heterocycles. The SMILES string of the molecule is C=CCSc1nn(CCC)c2nc3c(c(=O)n12)[C@@](C)(CC)Cc1ccccc1-3. The number of benzene rings is 1. The molecule has 0 saturated carbocycles. The van der Waals surface area contributed by atoms with Crippen molar-refractivity contribution in [3.8, 4) is 11.3 Å². The maximum Gasteiger partial charge on any atom is 0.265 e. The van der Waals surface area contributed by atoms with Gasteiger partial charge in [0.25, 0.3) is 5.56 Å². The number of hydrogen-bond acceptors (Lipinski definition) is 4. The molecule has 6 heteroatoms. The summed E-state index contributed by atoms with van der Waals surface area (Å²) in [7, 11) is 0. The van der Waals surface area contributed by atoms with E-state index in [4.69, 9.17) is 10.1 Å². The van der Waals surface area contributed by atoms with E-state index >= 15 is 0 Å². The van der Waals surface area contributed by atoms with Gasteiger partial charge in [-0.25, -0.2) is 14.1 Å². The van der Waals surface area contributed by atoms with Gasteiger partial charge >= 0.3 is 0 Å². The highest BCUT2D eigenvalue weighted by atomic mass is 32.2. The van der Waals surface area contributed by atoms with Crippen LogP contribution in [0, 0.1) is 0 Å². The van der Waals surface area contributed by atoms with E-state index in [9.17, 15) is 4.79 Å². The molecular weight excluding hydrogens is 368 g/mol. The van der Waals surface area contributed by atoms with Crippen LogP contribution < -0.4 is 5.56 Å². The normalized spacial score (nSPS) is 18.1. The molecule has 0 radical (unpaired) electrons. The van der Waals surface area contributed by atoms with E-state index in [1.807, 2.05) is 16.8 Å². The molecule has 1 aromatic carbocycles. The second-order valence-corrected chi connectivity index (χ2v) is 8.62. The molecule has 1 aliphatic rings. The first-order valence-electron chi connectivity index (χ1n) is 9.90. The minimum atomic E-state index is -0.234. The standard InChI is InChI=1S/C22H26N4OS/c1-5-12-25-20-23-18-16-11-9-8-10-15(16)14-22(4,7-3)17(18)19(27)26(20)21(24-25)28-13-6-2/h6,8-11H,2,5,7,12-14H2,1,3-4H3/t22-/m0/s1. The minimum Gasteiger partial charge on any atom is -0.268 e. The monoisotopic (exact) mass is 394 g/mol. The maximum atomic E-state index is 13.8. The molecule has 5 nitrogen and oxygen atoms in total. The van der Waals surface area contributed by atoms with Crippen molar-refractivity contribution in [3.63, 3.8) is 0 Å². The number of thioether (sulfide) groups is 1. The van der Waals surface area contributed by atoms with E-state index in [2.05, 4.69) is 45.5 Å². The van der Waals surface area contributed by atoms with E-state index in [1.54, 1.807) is 4.40 Å². The van der Waals surface area contributed by atoms with Gasteiger partial charge in [0.05, 0.1) is 11.3 Å². The molecule has 0 fully saturated rings. The molecule has 0 unspecified atom stereocenters. The van der Waals surface area contributed by atoms with E-state index in [0.717, 1.165) is 42.6 Å². The van der Waals surface area contributed by atoms with E-state index in [1.165, 1.54) is 17.3 Å². The Hall–Kier alpha value is -2.34. The van der Waals surface area contributed by atoms with Crippen LogP contribution in [0.2, 0.25) is 0 Å². The zero-order chi connectivity index (χ0) is 19.9. The zero-order valence-corrected chi connectivity index (χ0v) is 17.6. The molecule has 0 aliphatic heterocycles. The summed E-state index contributed by atoms with van der Waals surface area (Å²) in [5, 5.41) is 5.41. The van der Waals surface area contributed by atoms with Crippen LogP contribution in [0.25, 0.3) is 17.0 Å². The highest BCUT2D eigenvalue weighted by Crippen LogP contribution is 2.42. The third-order valence-electron chi connectivity index (χ3n) is 5.70. The molecule has 2 heterocycles. The topological polar surface area (TPSA) is 52.2 Å². The van der Waals surface area contributed by atoms with Crippen molar-refractivity contribution >= 4 is 17.5 Å². The molecule has 1 aliphatic carbocycles. The van der Waals surface area contributed by atoms with Crippen molar-refractivity contribution < 1.29 is 0 Å². The van der Waals surface area contributed by atoms with Gasteiger partial charge in [-0.1, -0.05) is 62.9 Å². The number of nitrogens with zero attached hydrogens (tertiary/aromatic N) is 4. The Labute approximate surface area is 169 Å². The predicted octanol–water partition coefficient (Wildman–Crippen LogP) is 4.47. The van der Waals surface area contributed by atoms with Crippen LogP contribution in [0.3, 0.4) is 0 Å². The van der Waals surface area contributed by atoms with Crippen LogP contribution in [0.15, 0.2) is 46.9 Å². The van der Waals surface area contributed by atoms with Crippen LogP contribution >= 0.6 is 11.8 Å². The average Bonchev–Trinajstić information content (AvgIpc) is 3.04. The zero-order valence-electron chi connectivity index (χ0n) is 16.7. The summed E-state index contributed by atoms with van der Waals surface area (Å²) < 4.78 is 3.58. The van der Waals surface area contributed by atoms with Crippen LogP contribution in [0.1, 0.15) is 44.7 Å². The van der Waals surface area contributed by atoms with Gasteiger partial charge in [-0.2, -0.15) is 0 Å². The lowest BCUT2D eigenvalue weighted by Gasteiger charge is -2.35. The first kappa shape index (κ1) is 19.0. The van der Waals surface area contributed by atoms with E-state index in [0.29, 0.717) is 16.7 Å². The van der Waals surface area contributed by atoms with Crippen molar-refractivity contribution in [2.75, 3.05) is 5.75 Å². The van der Waals surface area contributed by atoms with Crippen LogP contribution in [0.4, 0.5) is 0 Å². The predicted molar refractivity (Wildman–Crippen MR) is 115 cm³/mol. The summed E-state index contributed by atoms with van der Waals surface area (Å²) in [6, 6.07) is 8.33. The molecule has 2 aromatic heterocycles. The first-order chi connectivity index (χ1) is 13.5. The Kier molecular flexibility index (Phi) is 4.91. The Bertz CT molecular complexity index is 1110. The fraction of sp³-hybridized carbons (Fsp3) is 0.409. The molecule has 0 spiro atoms. The van der Waals surface area contributed by atoms with Gasteiger partial charge < -0.3 is 0 Å². The molecule has 4 rings (SSSR count). The third kappa shape index (κ3) is 2.82. The van der Waals surface area contributed by atoms with Gasteiger partial charge in [-0.3, -0.25) is 4.79 Å². The molecule has 3 aromatic rings. The summed E-state index contributed by atoms with van der Waals surface area (Å²) in [6.45, 7) is 11.0. The van der Waals surface area contributed by atoms with Crippen molar-refractivity contribution in [2.45, 2.75) is 57.1 Å². The Balaban J connectivity index is 2.09. The molecule has 146 valence electrons. The Morgan fingerprint density at radius 3 is 2.82 bits per heavy atom. The quantitative estimate of drug-likeness (QED) is 0.457. The lowest BCUT2D eigenvalue weighted by atomic mass is 9.69. The number of aryl methyl sites for hydroxylation is 1. The van der Waals surface area contributed by atoms with Gasteiger partial charge in [0, 0.05) is 23.3 Å². The van der Waals surface area contributed by atoms with Gasteiger partial charge in [0.15, 0.2) is 5.16 Å². The Morgan fingerprint density at radius 1 is 1.32 bits per heavy atom. The largest absolute Gasteiger partial charge is 0.268 e. The molecule has 0 N–H and O–H groups in total. The van der Waals surface area contributed by atoms with E-state index in [-0.39, 0.29) is 11.0 Å². The summed E-state index contributed by atoms with van der Waals surface area (Å²) in [5.41, 5.74) is 3.78. The number of hydrogen-bond donors (Lipinski definition) is 0. The van der Waals surface area contributed by atoms with Gasteiger partial charge in [0.1, 0.15) is 0 Å². The van der Waals surface area contributed by atoms with Crippen LogP contribution in [-0.2, 0) is 18.4 Å². The van der Waals surface area contributed by atoms with Crippen molar-refractivity contribution in [2.24, 2.45) is 0 Å². The fourth-order valence-electron chi connectivity index (χ4n) is 4.09. The van der Waals surface area contributed by atoms with Crippen LogP contribution in [-0.4, -0.2) is 24.9 Å². The minimum absolute atomic E-state index is 0.0211. The summed E-state index contributed by atoms with van der Waals surface area (Å²) in [5.74, 6) is 1.34. The second-order valence-electron chi connectivity index (χ2n) is 7.63. The van der Waals surface area contributed by atoms with Crippen molar-refractivity contribution in [1.82, 2.24) is 19.2 Å². The lowest BCUT2D eigenvalue weighted by molar-refractivity contribution is 0.439. The first-order valence-corrected chi connectivity index (χ1v) is 10.9. The van der Waals surface area contributed by atoms with Gasteiger partial charge in [0.2, 0.25) is 5.78 Å². The molecular formula is C22H26N4OS. The molecule has 0 bridgehead atoms. The summed E-state index contributed by atoms with van der Waals surface area (Å²) in [6.07, 6.45) is 4.50. The highest BCUT2D eigenvalue weighted by molar-refractivity contribution is 7.99. The molecule has 1 atom stereocenters. The number of aromatic nitrogens is 4. The van der Waals surface area contributed by atoms with E-state index < -0.39 is 0 Å². The number of fused-ring (bicyclic) bond motifs is 4. The summed E-state index contributed by atoms with van der Waals surface area (Å²) >= 11 is 1.53. The fourth-order valence-corrected chi connectivity index (χ4v) is 4.81. The summed E-state index contributed by atoms with van der Waals surface area (Å²) in [4.78, 5) is 18.8. The average molecular weight is 395 g/mol.